The molecule has 1 atom stereocenters. The van der Waals surface area contributed by atoms with Crippen molar-refractivity contribution in [3.05, 3.63) is 51.7 Å². The summed E-state index contributed by atoms with van der Waals surface area (Å²) in [7, 11) is -3.33. The third-order valence-corrected chi connectivity index (χ3v) is 5.36. The molecule has 4 nitrogen and oxygen atoms in total. The summed E-state index contributed by atoms with van der Waals surface area (Å²) in [5.41, 5.74) is 1.14. The summed E-state index contributed by atoms with van der Waals surface area (Å²) >= 11 is 1.57. The van der Waals surface area contributed by atoms with E-state index in [0.29, 0.717) is 5.56 Å². The molecule has 0 saturated carbocycles. The maximum Gasteiger partial charge on any atom is 0.252 e. The molecule has 0 unspecified atom stereocenters. The van der Waals surface area contributed by atoms with Crippen LogP contribution in [0.15, 0.2) is 40.6 Å². The maximum atomic E-state index is 12.3. The SMILES string of the molecule is Cc1ccc(S(C)(=O)=O)cc1C(=O)N[C@@H](C)c1cccs1. The Morgan fingerprint density at radius 3 is 2.57 bits per heavy atom. The van der Waals surface area contributed by atoms with Crippen LogP contribution in [0.5, 0.6) is 0 Å². The van der Waals surface area contributed by atoms with Gasteiger partial charge in [-0.3, -0.25) is 4.79 Å². The highest BCUT2D eigenvalue weighted by Crippen LogP contribution is 2.20. The minimum Gasteiger partial charge on any atom is -0.345 e. The number of benzene rings is 1. The molecule has 0 fully saturated rings. The smallest absolute Gasteiger partial charge is 0.252 e. The molecule has 0 aliphatic rings. The van der Waals surface area contributed by atoms with Crippen LogP contribution in [-0.2, 0) is 9.84 Å². The third-order valence-electron chi connectivity index (χ3n) is 3.20. The van der Waals surface area contributed by atoms with E-state index in [1.807, 2.05) is 24.4 Å². The molecule has 2 rings (SSSR count). The zero-order chi connectivity index (χ0) is 15.6. The van der Waals surface area contributed by atoms with Crippen molar-refractivity contribution in [2.75, 3.05) is 6.26 Å². The Bertz CT molecular complexity index is 749. The van der Waals surface area contributed by atoms with Gasteiger partial charge in [0.15, 0.2) is 9.84 Å². The third kappa shape index (κ3) is 3.71. The molecular weight excluding hydrogens is 306 g/mol. The van der Waals surface area contributed by atoms with E-state index in [4.69, 9.17) is 0 Å². The molecule has 1 heterocycles. The first-order valence-electron chi connectivity index (χ1n) is 6.44. The number of amides is 1. The Balaban J connectivity index is 2.27. The standard InChI is InChI=1S/C15H17NO3S2/c1-10-6-7-12(21(3,18)19)9-13(10)15(17)16-11(2)14-5-4-8-20-14/h4-9,11H,1-3H3,(H,16,17)/t11-/m0/s1. The normalized spacial score (nSPS) is 12.9. The fraction of sp³-hybridized carbons (Fsp3) is 0.267. The monoisotopic (exact) mass is 323 g/mol. The maximum absolute atomic E-state index is 12.3. The number of carbonyl (C=O) groups excluding carboxylic acids is 1. The lowest BCUT2D eigenvalue weighted by Crippen LogP contribution is -2.27. The summed E-state index contributed by atoms with van der Waals surface area (Å²) in [4.78, 5) is 13.6. The number of rotatable bonds is 4. The number of thiophene rings is 1. The van der Waals surface area contributed by atoms with E-state index >= 15 is 0 Å². The van der Waals surface area contributed by atoms with Crippen LogP contribution in [0.1, 0.15) is 33.8 Å². The van der Waals surface area contributed by atoms with Crippen LogP contribution >= 0.6 is 11.3 Å². The summed E-state index contributed by atoms with van der Waals surface area (Å²) < 4.78 is 23.2. The Labute approximate surface area is 128 Å². The van der Waals surface area contributed by atoms with Gasteiger partial charge < -0.3 is 5.32 Å². The highest BCUT2D eigenvalue weighted by Gasteiger charge is 2.17. The average Bonchev–Trinajstić information content (AvgIpc) is 2.91. The molecule has 1 N–H and O–H groups in total. The first-order chi connectivity index (χ1) is 9.79. The van der Waals surface area contributed by atoms with Gasteiger partial charge in [-0.2, -0.15) is 0 Å². The first kappa shape index (κ1) is 15.7. The van der Waals surface area contributed by atoms with Crippen molar-refractivity contribution in [2.24, 2.45) is 0 Å². The summed E-state index contributed by atoms with van der Waals surface area (Å²) in [5, 5.41) is 4.85. The van der Waals surface area contributed by atoms with Gasteiger partial charge in [-0.25, -0.2) is 8.42 Å². The van der Waals surface area contributed by atoms with E-state index in [0.717, 1.165) is 16.7 Å². The van der Waals surface area contributed by atoms with Crippen molar-refractivity contribution in [2.45, 2.75) is 24.8 Å². The molecule has 0 bridgehead atoms. The van der Waals surface area contributed by atoms with Gasteiger partial charge in [0.1, 0.15) is 0 Å². The molecule has 0 aliphatic heterocycles. The van der Waals surface area contributed by atoms with Crippen LogP contribution in [0.25, 0.3) is 0 Å². The number of sulfone groups is 1. The lowest BCUT2D eigenvalue weighted by molar-refractivity contribution is 0.0939. The zero-order valence-electron chi connectivity index (χ0n) is 12.1. The predicted octanol–water partition coefficient (Wildman–Crippen LogP) is 2.95. The average molecular weight is 323 g/mol. The summed E-state index contributed by atoms with van der Waals surface area (Å²) in [6.07, 6.45) is 1.13. The number of carbonyl (C=O) groups is 1. The van der Waals surface area contributed by atoms with E-state index in [1.54, 1.807) is 24.3 Å². The van der Waals surface area contributed by atoms with E-state index < -0.39 is 9.84 Å². The summed E-state index contributed by atoms with van der Waals surface area (Å²) in [6.45, 7) is 3.69. The van der Waals surface area contributed by atoms with Crippen LogP contribution in [0.4, 0.5) is 0 Å². The van der Waals surface area contributed by atoms with Crippen LogP contribution < -0.4 is 5.32 Å². The van der Waals surface area contributed by atoms with Crippen molar-refractivity contribution < 1.29 is 13.2 Å². The van der Waals surface area contributed by atoms with Crippen LogP contribution in [-0.4, -0.2) is 20.6 Å². The van der Waals surface area contributed by atoms with Crippen molar-refractivity contribution in [3.8, 4) is 0 Å². The summed E-state index contributed by atoms with van der Waals surface area (Å²) in [5.74, 6) is -0.265. The van der Waals surface area contributed by atoms with Gasteiger partial charge >= 0.3 is 0 Å². The predicted molar refractivity (Wildman–Crippen MR) is 84.5 cm³/mol. The highest BCUT2D eigenvalue weighted by atomic mass is 32.2. The number of nitrogens with one attached hydrogen (secondary N) is 1. The van der Waals surface area contributed by atoms with E-state index in [-0.39, 0.29) is 16.8 Å². The van der Waals surface area contributed by atoms with Crippen LogP contribution in [0, 0.1) is 6.92 Å². The second kappa shape index (κ2) is 5.99. The minimum absolute atomic E-state index is 0.112. The highest BCUT2D eigenvalue weighted by molar-refractivity contribution is 7.90. The van der Waals surface area contributed by atoms with E-state index in [2.05, 4.69) is 5.32 Å². The minimum atomic E-state index is -3.33. The first-order valence-corrected chi connectivity index (χ1v) is 9.21. The second-order valence-electron chi connectivity index (χ2n) is 4.96. The topological polar surface area (TPSA) is 63.2 Å². The van der Waals surface area contributed by atoms with Crippen molar-refractivity contribution in [1.82, 2.24) is 5.32 Å². The van der Waals surface area contributed by atoms with Gasteiger partial charge in [0.05, 0.1) is 10.9 Å². The molecule has 6 heteroatoms. The molecule has 112 valence electrons. The van der Waals surface area contributed by atoms with Gasteiger partial charge in [-0.15, -0.1) is 11.3 Å². The Kier molecular flexibility index (Phi) is 4.49. The van der Waals surface area contributed by atoms with Crippen LogP contribution in [0.2, 0.25) is 0 Å². The van der Waals surface area contributed by atoms with Crippen molar-refractivity contribution in [3.63, 3.8) is 0 Å². The molecule has 21 heavy (non-hydrogen) atoms. The lowest BCUT2D eigenvalue weighted by Gasteiger charge is -2.14. The molecule has 1 aromatic carbocycles. The van der Waals surface area contributed by atoms with Gasteiger partial charge in [-0.05, 0) is 43.0 Å². The van der Waals surface area contributed by atoms with Crippen molar-refractivity contribution >= 4 is 27.1 Å². The number of aryl methyl sites for hydroxylation is 1. The van der Waals surface area contributed by atoms with Crippen LogP contribution in [0.3, 0.4) is 0 Å². The molecule has 2 aromatic rings. The van der Waals surface area contributed by atoms with E-state index in [1.165, 1.54) is 12.1 Å². The van der Waals surface area contributed by atoms with Gasteiger partial charge in [-0.1, -0.05) is 12.1 Å². The fourth-order valence-electron chi connectivity index (χ4n) is 1.96. The van der Waals surface area contributed by atoms with Gasteiger partial charge in [0.2, 0.25) is 0 Å². The van der Waals surface area contributed by atoms with Crippen molar-refractivity contribution in [1.29, 1.82) is 0 Å². The second-order valence-corrected chi connectivity index (χ2v) is 7.95. The quantitative estimate of drug-likeness (QED) is 0.941. The number of hydrogen-bond donors (Lipinski definition) is 1. The molecule has 1 amide bonds. The summed E-state index contributed by atoms with van der Waals surface area (Å²) in [6, 6.07) is 8.37. The van der Waals surface area contributed by atoms with E-state index in [9.17, 15) is 13.2 Å². The molecule has 1 aromatic heterocycles. The van der Waals surface area contributed by atoms with Gasteiger partial charge in [0, 0.05) is 16.7 Å². The largest absolute Gasteiger partial charge is 0.345 e. The van der Waals surface area contributed by atoms with Gasteiger partial charge in [0.25, 0.3) is 5.91 Å². The Hall–Kier alpha value is -1.66. The Morgan fingerprint density at radius 2 is 2.00 bits per heavy atom. The molecule has 0 radical (unpaired) electrons. The Morgan fingerprint density at radius 1 is 1.29 bits per heavy atom. The molecule has 0 aliphatic carbocycles. The fourth-order valence-corrected chi connectivity index (χ4v) is 3.34. The zero-order valence-corrected chi connectivity index (χ0v) is 13.7. The molecular formula is C15H17NO3S2. The lowest BCUT2D eigenvalue weighted by atomic mass is 10.1. The molecule has 0 saturated heterocycles. The molecule has 0 spiro atoms. The number of hydrogen-bond acceptors (Lipinski definition) is 4.